The number of pyridine rings is 4. The van der Waals surface area contributed by atoms with Crippen molar-refractivity contribution in [1.82, 2.24) is 40.1 Å². The molecule has 1 fully saturated rings. The number of halogens is 1. The average molecular weight is 491 g/mol. The zero-order valence-corrected chi connectivity index (χ0v) is 19.2. The van der Waals surface area contributed by atoms with E-state index in [1.165, 1.54) is 18.6 Å². The molecule has 6 aromatic heterocycles. The van der Waals surface area contributed by atoms with Gasteiger partial charge in [-0.25, -0.2) is 9.37 Å². The van der Waals surface area contributed by atoms with Gasteiger partial charge in [0.2, 0.25) is 5.91 Å². The Balaban J connectivity index is 1.32. The van der Waals surface area contributed by atoms with Crippen molar-refractivity contribution < 1.29 is 9.18 Å². The third-order valence-corrected chi connectivity index (χ3v) is 6.30. The molecule has 0 atom stereocenters. The maximum atomic E-state index is 16.0. The van der Waals surface area contributed by atoms with E-state index >= 15 is 4.39 Å². The monoisotopic (exact) mass is 491 g/mol. The number of aromatic amines is 2. The highest BCUT2D eigenvalue weighted by Crippen LogP contribution is 2.34. The number of fused-ring (bicyclic) bond motifs is 2. The molecule has 37 heavy (non-hydrogen) atoms. The Labute approximate surface area is 208 Å². The Morgan fingerprint density at radius 3 is 2.73 bits per heavy atom. The number of amides is 1. The molecule has 0 bridgehead atoms. The maximum absolute atomic E-state index is 16.0. The molecule has 10 nitrogen and oxygen atoms in total. The molecule has 0 spiro atoms. The normalized spacial score (nSPS) is 13.3. The van der Waals surface area contributed by atoms with Crippen LogP contribution in [-0.4, -0.2) is 46.0 Å². The van der Waals surface area contributed by atoms with Gasteiger partial charge in [-0.2, -0.15) is 5.10 Å². The number of nitrogens with one attached hydrogen (secondary N) is 3. The van der Waals surface area contributed by atoms with Crippen LogP contribution in [-0.2, 0) is 4.79 Å². The standard InChI is InChI=1S/C26H18FN9O/c27-20-19-18(12-31-21(20)14-9-15(11-28-10-14)32-26(37)13-4-5-13)35-36-24(19)25-33-17-6-8-30-22(23(17)34-25)16-3-1-2-7-29-16/h1-3,6-13H,4-5H2,(H,32,37)(H,33,34)(H,35,36). The lowest BCUT2D eigenvalue weighted by Crippen LogP contribution is -2.13. The summed E-state index contributed by atoms with van der Waals surface area (Å²) in [5.41, 5.74) is 4.37. The number of hydrogen-bond donors (Lipinski definition) is 3. The van der Waals surface area contributed by atoms with Gasteiger partial charge >= 0.3 is 0 Å². The number of carbonyl (C=O) groups is 1. The van der Waals surface area contributed by atoms with Gasteiger partial charge in [0.05, 0.1) is 40.2 Å². The lowest BCUT2D eigenvalue weighted by molar-refractivity contribution is -0.117. The molecule has 6 aromatic rings. The van der Waals surface area contributed by atoms with Crippen LogP contribution >= 0.6 is 0 Å². The summed E-state index contributed by atoms with van der Waals surface area (Å²) in [4.78, 5) is 37.4. The molecule has 6 heterocycles. The SMILES string of the molecule is O=C(Nc1cncc(-c2ncc3[nH]nc(-c4nc5c(-c6ccccn6)nccc5[nH]4)c3c2F)c1)C1CC1. The summed E-state index contributed by atoms with van der Waals surface area (Å²) in [6.45, 7) is 0. The van der Waals surface area contributed by atoms with Crippen LogP contribution in [0.2, 0.25) is 0 Å². The fourth-order valence-corrected chi connectivity index (χ4v) is 4.31. The quantitative estimate of drug-likeness (QED) is 0.323. The summed E-state index contributed by atoms with van der Waals surface area (Å²) in [5.74, 6) is -0.201. The Bertz CT molecular complexity index is 1810. The molecular weight excluding hydrogens is 473 g/mol. The second-order valence-electron chi connectivity index (χ2n) is 8.86. The number of H-pyrrole nitrogens is 2. The van der Waals surface area contributed by atoms with E-state index in [9.17, 15) is 4.79 Å². The second-order valence-corrected chi connectivity index (χ2v) is 8.86. The second kappa shape index (κ2) is 8.26. The molecule has 0 saturated heterocycles. The highest BCUT2D eigenvalue weighted by atomic mass is 19.1. The predicted molar refractivity (Wildman–Crippen MR) is 135 cm³/mol. The zero-order valence-electron chi connectivity index (χ0n) is 19.2. The van der Waals surface area contributed by atoms with Crippen molar-refractivity contribution in [2.24, 2.45) is 5.92 Å². The topological polar surface area (TPSA) is 138 Å². The third-order valence-electron chi connectivity index (χ3n) is 6.30. The third kappa shape index (κ3) is 3.68. The minimum Gasteiger partial charge on any atom is -0.336 e. The van der Waals surface area contributed by atoms with Gasteiger partial charge in [-0.1, -0.05) is 6.07 Å². The van der Waals surface area contributed by atoms with E-state index in [4.69, 9.17) is 4.98 Å². The Kier molecular flexibility index (Phi) is 4.74. The van der Waals surface area contributed by atoms with Crippen molar-refractivity contribution in [2.45, 2.75) is 12.8 Å². The summed E-state index contributed by atoms with van der Waals surface area (Å²) in [6.07, 6.45) is 9.69. The van der Waals surface area contributed by atoms with Crippen molar-refractivity contribution in [3.05, 3.63) is 67.1 Å². The molecule has 7 rings (SSSR count). The average Bonchev–Trinajstić information content (AvgIpc) is 3.54. The van der Waals surface area contributed by atoms with Gasteiger partial charge < -0.3 is 10.3 Å². The van der Waals surface area contributed by atoms with E-state index in [1.807, 2.05) is 18.2 Å². The smallest absolute Gasteiger partial charge is 0.227 e. The first kappa shape index (κ1) is 21.2. The Hall–Kier alpha value is -5.06. The van der Waals surface area contributed by atoms with Crippen molar-refractivity contribution in [3.63, 3.8) is 0 Å². The van der Waals surface area contributed by atoms with Crippen LogP contribution in [0.3, 0.4) is 0 Å². The molecular formula is C26H18FN9O. The maximum Gasteiger partial charge on any atom is 0.227 e. The van der Waals surface area contributed by atoms with Gasteiger partial charge in [-0.15, -0.1) is 0 Å². The number of rotatable bonds is 5. The van der Waals surface area contributed by atoms with E-state index < -0.39 is 5.82 Å². The molecule has 1 aliphatic carbocycles. The Morgan fingerprint density at radius 1 is 0.973 bits per heavy atom. The molecule has 180 valence electrons. The van der Waals surface area contributed by atoms with Gasteiger partial charge in [0, 0.05) is 30.1 Å². The molecule has 1 aliphatic rings. The van der Waals surface area contributed by atoms with Crippen LogP contribution in [0, 0.1) is 11.7 Å². The van der Waals surface area contributed by atoms with Crippen molar-refractivity contribution in [2.75, 3.05) is 5.32 Å². The number of imidazole rings is 1. The molecule has 0 unspecified atom stereocenters. The van der Waals surface area contributed by atoms with E-state index in [2.05, 4.69) is 40.4 Å². The van der Waals surface area contributed by atoms with E-state index in [-0.39, 0.29) is 22.9 Å². The van der Waals surface area contributed by atoms with Crippen molar-refractivity contribution in [3.8, 4) is 34.2 Å². The number of anilines is 1. The molecule has 0 aromatic carbocycles. The molecule has 1 amide bonds. The van der Waals surface area contributed by atoms with Crippen LogP contribution in [0.4, 0.5) is 10.1 Å². The van der Waals surface area contributed by atoms with Gasteiger partial charge in [0.15, 0.2) is 11.6 Å². The fraction of sp³-hybridized carbons (Fsp3) is 0.115. The fourth-order valence-electron chi connectivity index (χ4n) is 4.31. The lowest BCUT2D eigenvalue weighted by Gasteiger charge is -2.07. The van der Waals surface area contributed by atoms with E-state index in [0.29, 0.717) is 45.2 Å². The largest absolute Gasteiger partial charge is 0.336 e. The summed E-state index contributed by atoms with van der Waals surface area (Å²) in [7, 11) is 0. The molecule has 0 aliphatic heterocycles. The van der Waals surface area contributed by atoms with E-state index in [0.717, 1.165) is 18.4 Å². The highest BCUT2D eigenvalue weighted by Gasteiger charge is 2.29. The van der Waals surface area contributed by atoms with Gasteiger partial charge in [0.25, 0.3) is 0 Å². The first-order valence-corrected chi connectivity index (χ1v) is 11.7. The minimum absolute atomic E-state index is 0.0422. The minimum atomic E-state index is -0.572. The van der Waals surface area contributed by atoms with Crippen LogP contribution in [0.25, 0.3) is 56.1 Å². The van der Waals surface area contributed by atoms with Gasteiger partial charge in [0.1, 0.15) is 22.6 Å². The number of nitrogens with zero attached hydrogens (tertiary/aromatic N) is 6. The number of hydrogen-bond acceptors (Lipinski definition) is 7. The van der Waals surface area contributed by atoms with Crippen LogP contribution in [0.15, 0.2) is 61.3 Å². The number of aromatic nitrogens is 8. The van der Waals surface area contributed by atoms with Crippen molar-refractivity contribution >= 4 is 33.5 Å². The van der Waals surface area contributed by atoms with Gasteiger partial charge in [-0.05, 0) is 37.1 Å². The summed E-state index contributed by atoms with van der Waals surface area (Å²) in [6, 6.07) is 9.02. The Morgan fingerprint density at radius 2 is 1.89 bits per heavy atom. The predicted octanol–water partition coefficient (Wildman–Crippen LogP) is 4.51. The summed E-state index contributed by atoms with van der Waals surface area (Å²) >= 11 is 0. The summed E-state index contributed by atoms with van der Waals surface area (Å²) in [5, 5.41) is 10.3. The van der Waals surface area contributed by atoms with E-state index in [1.54, 1.807) is 24.5 Å². The molecule has 0 radical (unpaired) electrons. The molecule has 3 N–H and O–H groups in total. The van der Waals surface area contributed by atoms with Crippen LogP contribution in [0.5, 0.6) is 0 Å². The molecule has 11 heteroatoms. The van der Waals surface area contributed by atoms with Gasteiger partial charge in [-0.3, -0.25) is 29.8 Å². The zero-order chi connectivity index (χ0) is 24.9. The first-order chi connectivity index (χ1) is 18.2. The van der Waals surface area contributed by atoms with Crippen LogP contribution < -0.4 is 5.32 Å². The molecule has 1 saturated carbocycles. The highest BCUT2D eigenvalue weighted by molar-refractivity contribution is 5.97. The summed E-state index contributed by atoms with van der Waals surface area (Å²) < 4.78 is 16.0. The first-order valence-electron chi connectivity index (χ1n) is 11.7. The number of carbonyl (C=O) groups excluding carboxylic acids is 1. The lowest BCUT2D eigenvalue weighted by atomic mass is 10.1. The van der Waals surface area contributed by atoms with Crippen LogP contribution in [0.1, 0.15) is 12.8 Å². The van der Waals surface area contributed by atoms with Crippen molar-refractivity contribution in [1.29, 1.82) is 0 Å².